The van der Waals surface area contributed by atoms with E-state index in [0.29, 0.717) is 0 Å². The molecule has 0 aliphatic rings. The van der Waals surface area contributed by atoms with Crippen LogP contribution in [-0.4, -0.2) is 0 Å². The van der Waals surface area contributed by atoms with Crippen molar-refractivity contribution in [2.75, 3.05) is 0 Å². The van der Waals surface area contributed by atoms with Crippen molar-refractivity contribution in [2.24, 2.45) is 0 Å². The summed E-state index contributed by atoms with van der Waals surface area (Å²) >= 11 is 0. The summed E-state index contributed by atoms with van der Waals surface area (Å²) in [6.45, 7) is 6.25. The summed E-state index contributed by atoms with van der Waals surface area (Å²) in [6.07, 6.45) is 0. The molecule has 0 rings (SSSR count). The maximum Gasteiger partial charge on any atom is -0.0572 e. The molecular weight excluding hydrogens is 55.0 g/mol. The molecule has 0 spiro atoms. The Bertz CT molecular complexity index is 24.3. The highest BCUT2D eigenvalue weighted by Crippen LogP contribution is 1.16. The summed E-state index contributed by atoms with van der Waals surface area (Å²) in [6, 6.07) is 0. The molecule has 1 heteroatoms. The van der Waals surface area contributed by atoms with Crippen molar-refractivity contribution >= 4 is 0 Å². The monoisotopic (exact) mass is 60.0 g/mol. The van der Waals surface area contributed by atoms with Crippen LogP contribution in [0.4, 0.5) is 4.70 Å². The van der Waals surface area contributed by atoms with Gasteiger partial charge in [-0.2, -0.15) is 0 Å². The number of hydrogen-bond acceptors (Lipinski definition) is 0. The molecule has 0 saturated heterocycles. The molecule has 0 aromatic heterocycles. The van der Waals surface area contributed by atoms with Crippen molar-refractivity contribution in [3.8, 4) is 0 Å². The Hall–Kier alpha value is -0.550. The van der Waals surface area contributed by atoms with E-state index in [1.165, 1.54) is 0 Å². The van der Waals surface area contributed by atoms with Gasteiger partial charge in [0.25, 0.3) is 0 Å². The van der Waals surface area contributed by atoms with Gasteiger partial charge in [-0.1, -0.05) is 13.2 Å². The van der Waals surface area contributed by atoms with Crippen molar-refractivity contribution in [3.63, 3.8) is 0 Å². The molecule has 4 heavy (non-hydrogen) atoms. The third-order valence-electron chi connectivity index (χ3n) is 0. The van der Waals surface area contributed by atoms with Gasteiger partial charge in [0.05, 0.1) is 0 Å². The van der Waals surface area contributed by atoms with E-state index in [0.717, 1.165) is 0 Å². The fourth-order valence-electron chi connectivity index (χ4n) is 0. The fraction of sp³-hybridized carbons (Fsp3) is 0. The average molecular weight is 60.1 g/mol. The Morgan fingerprint density at radius 2 is 1.25 bits per heavy atom. The lowest BCUT2D eigenvalue weighted by Gasteiger charge is -1.10. The zero-order chi connectivity index (χ0) is 2.71. The zero-order valence-electron chi connectivity index (χ0n) is 2.32. The second-order valence-corrected chi connectivity index (χ2v) is 0.250. The van der Waals surface area contributed by atoms with Crippen LogP contribution in [-0.2, 0) is 0 Å². The Labute approximate surface area is 24.8 Å². The molecule has 0 N–H and O–H groups in total. The van der Waals surface area contributed by atoms with Crippen LogP contribution in [0.2, 0.25) is 0 Å². The van der Waals surface area contributed by atoms with E-state index in [1.54, 1.807) is 0 Å². The zero-order valence-corrected chi connectivity index (χ0v) is 2.32. The maximum absolute atomic E-state index is 3.12. The average Bonchev–Trinajstić information content (AvgIpc) is 0.918. The molecule has 0 atom stereocenters. The first-order valence-electron chi connectivity index (χ1n) is 0.707. The molecule has 0 aromatic carbocycles. The predicted molar refractivity (Wildman–Crippen MR) is 17.3 cm³/mol. The smallest absolute Gasteiger partial charge is 0.0572 e. The largest absolute Gasteiger partial charge is 0.269 e. The summed E-state index contributed by atoms with van der Waals surface area (Å²) < 4.78 is 0. The van der Waals surface area contributed by atoms with Gasteiger partial charge in [-0.25, -0.2) is 0 Å². The van der Waals surface area contributed by atoms with Crippen LogP contribution in [0, 0.1) is 0 Å². The predicted octanol–water partition coefficient (Wildman–Crippen LogP) is 1.11. The molecule has 0 nitrogen and oxygen atoms in total. The second kappa shape index (κ2) is 25.4. The van der Waals surface area contributed by atoms with Gasteiger partial charge in [-0.15, -0.1) is 5.73 Å². The van der Waals surface area contributed by atoms with Gasteiger partial charge in [0.15, 0.2) is 0 Å². The van der Waals surface area contributed by atoms with Crippen LogP contribution in [0.25, 0.3) is 0 Å². The molecule has 0 amide bonds. The van der Waals surface area contributed by atoms with E-state index in [9.17, 15) is 0 Å². The molecule has 0 unspecified atom stereocenters. The fourth-order valence-corrected chi connectivity index (χ4v) is 0. The topological polar surface area (TPSA) is 0 Å². The van der Waals surface area contributed by atoms with Crippen molar-refractivity contribution in [1.29, 1.82) is 0 Å². The lowest BCUT2D eigenvalue weighted by atomic mass is 11.0. The third kappa shape index (κ3) is 0.971. The van der Waals surface area contributed by atoms with Crippen LogP contribution in [0.1, 0.15) is 0 Å². The Kier molecular flexibility index (Phi) is 62.6. The van der Waals surface area contributed by atoms with E-state index < -0.39 is 0 Å². The normalized spacial score (nSPS) is 2.00. The number of rotatable bonds is 0. The van der Waals surface area contributed by atoms with Crippen LogP contribution in [0.15, 0.2) is 18.9 Å². The molecule has 0 fully saturated rings. The molecule has 0 aromatic rings. The molecule has 0 heterocycles. The minimum absolute atomic E-state index is 0. The van der Waals surface area contributed by atoms with Gasteiger partial charge in [-0.3, -0.25) is 4.70 Å². The SMILES string of the molecule is C=C=C.F. The summed E-state index contributed by atoms with van der Waals surface area (Å²) in [5, 5.41) is 0. The van der Waals surface area contributed by atoms with Gasteiger partial charge < -0.3 is 0 Å². The Morgan fingerprint density at radius 1 is 1.25 bits per heavy atom. The lowest BCUT2D eigenvalue weighted by molar-refractivity contribution is 1.11. The molecule has 24 valence electrons. The van der Waals surface area contributed by atoms with E-state index in [2.05, 4.69) is 18.9 Å². The minimum atomic E-state index is 0. The van der Waals surface area contributed by atoms with E-state index in [4.69, 9.17) is 0 Å². The minimum Gasteiger partial charge on any atom is -0.269 e. The number of halogens is 1. The first-order chi connectivity index (χ1) is 1.41. The highest BCUT2D eigenvalue weighted by Gasteiger charge is 0.904. The van der Waals surface area contributed by atoms with Crippen molar-refractivity contribution in [3.05, 3.63) is 18.9 Å². The number of hydrogen-bond donors (Lipinski definition) is 0. The van der Waals surface area contributed by atoms with Gasteiger partial charge in [0.1, 0.15) is 0 Å². The highest BCUT2D eigenvalue weighted by molar-refractivity contribution is 4.51. The van der Waals surface area contributed by atoms with Gasteiger partial charge in [0, 0.05) is 0 Å². The highest BCUT2D eigenvalue weighted by atomic mass is 19.0. The second-order valence-electron chi connectivity index (χ2n) is 0.250. The summed E-state index contributed by atoms with van der Waals surface area (Å²) in [5.41, 5.74) is 2.25. The standard InChI is InChI=1S/C3H4.FH/c1-3-2;/h1-2H2;1H. The van der Waals surface area contributed by atoms with Crippen LogP contribution in [0.5, 0.6) is 0 Å². The van der Waals surface area contributed by atoms with Crippen molar-refractivity contribution < 1.29 is 4.70 Å². The first-order valence-corrected chi connectivity index (χ1v) is 0.707. The van der Waals surface area contributed by atoms with Gasteiger partial charge >= 0.3 is 0 Å². The first kappa shape index (κ1) is 9.85. The molecule has 0 bridgehead atoms. The summed E-state index contributed by atoms with van der Waals surface area (Å²) in [7, 11) is 0. The van der Waals surface area contributed by atoms with Crippen molar-refractivity contribution in [2.45, 2.75) is 0 Å². The van der Waals surface area contributed by atoms with Crippen LogP contribution in [0.3, 0.4) is 0 Å². The summed E-state index contributed by atoms with van der Waals surface area (Å²) in [4.78, 5) is 0. The Balaban J connectivity index is 0. The van der Waals surface area contributed by atoms with E-state index in [1.807, 2.05) is 0 Å². The molecule has 0 saturated carbocycles. The maximum atomic E-state index is 3.12. The van der Waals surface area contributed by atoms with E-state index in [-0.39, 0.29) is 4.70 Å². The third-order valence-corrected chi connectivity index (χ3v) is 0. The van der Waals surface area contributed by atoms with E-state index >= 15 is 0 Å². The molecule has 0 radical (unpaired) electrons. The molecule has 0 aliphatic carbocycles. The van der Waals surface area contributed by atoms with Gasteiger partial charge in [-0.05, 0) is 0 Å². The van der Waals surface area contributed by atoms with Crippen molar-refractivity contribution in [1.82, 2.24) is 0 Å². The van der Waals surface area contributed by atoms with Crippen LogP contribution >= 0.6 is 0 Å². The van der Waals surface area contributed by atoms with Crippen LogP contribution < -0.4 is 0 Å². The lowest BCUT2D eigenvalue weighted by Crippen LogP contribution is -0.844. The molecule has 0 aliphatic heterocycles. The quantitative estimate of drug-likeness (QED) is 0.367. The Morgan fingerprint density at radius 3 is 1.25 bits per heavy atom. The van der Waals surface area contributed by atoms with Gasteiger partial charge in [0.2, 0.25) is 0 Å². The molecular formula is C3H5F. The summed E-state index contributed by atoms with van der Waals surface area (Å²) in [5.74, 6) is 0.